The lowest BCUT2D eigenvalue weighted by molar-refractivity contribution is -0.146. The molecule has 4 heteroatoms. The van der Waals surface area contributed by atoms with E-state index in [1.165, 1.54) is 12.1 Å². The molecule has 0 bridgehead atoms. The van der Waals surface area contributed by atoms with E-state index in [2.05, 4.69) is 0 Å². The van der Waals surface area contributed by atoms with Crippen LogP contribution in [0, 0.1) is 0 Å². The molecule has 0 amide bonds. The zero-order valence-corrected chi connectivity index (χ0v) is 11.1. The van der Waals surface area contributed by atoms with Crippen molar-refractivity contribution >= 4 is 5.97 Å². The van der Waals surface area contributed by atoms with Crippen molar-refractivity contribution in [3.8, 4) is 11.5 Å². The van der Waals surface area contributed by atoms with Crippen LogP contribution in [0.4, 0.5) is 0 Å². The molecule has 0 fully saturated rings. The predicted octanol–water partition coefficient (Wildman–Crippen LogP) is 2.94. The molecule has 0 heterocycles. The quantitative estimate of drug-likeness (QED) is 0.663. The summed E-state index contributed by atoms with van der Waals surface area (Å²) in [7, 11) is 0. The van der Waals surface area contributed by atoms with Gasteiger partial charge < -0.3 is 14.9 Å². The van der Waals surface area contributed by atoms with Crippen molar-refractivity contribution in [1.29, 1.82) is 0 Å². The van der Waals surface area contributed by atoms with Gasteiger partial charge in [-0.2, -0.15) is 0 Å². The minimum atomic E-state index is -0.509. The highest BCUT2D eigenvalue weighted by Crippen LogP contribution is 2.29. The summed E-state index contributed by atoms with van der Waals surface area (Å²) in [6.45, 7) is 1.91. The number of phenolic OH excluding ortho intramolecular Hbond substituents is 2. The molecular weight excluding hydrogens is 256 g/mol. The molecule has 0 aliphatic heterocycles. The monoisotopic (exact) mass is 272 g/mol. The molecule has 2 rings (SSSR count). The summed E-state index contributed by atoms with van der Waals surface area (Å²) in [6.07, 6.45) is 0. The van der Waals surface area contributed by atoms with Crippen LogP contribution in [0.3, 0.4) is 0 Å². The minimum Gasteiger partial charge on any atom is -0.504 e. The molecule has 0 aliphatic rings. The van der Waals surface area contributed by atoms with E-state index < -0.39 is 5.92 Å². The summed E-state index contributed by atoms with van der Waals surface area (Å²) < 4.78 is 5.23. The lowest BCUT2D eigenvalue weighted by Crippen LogP contribution is -2.13. The summed E-state index contributed by atoms with van der Waals surface area (Å²) in [5.41, 5.74) is 1.51. The summed E-state index contributed by atoms with van der Waals surface area (Å²) in [5, 5.41) is 18.7. The molecule has 20 heavy (non-hydrogen) atoms. The van der Waals surface area contributed by atoms with Crippen molar-refractivity contribution in [1.82, 2.24) is 0 Å². The van der Waals surface area contributed by atoms with Crippen LogP contribution < -0.4 is 0 Å². The Kier molecular flexibility index (Phi) is 4.25. The molecule has 2 N–H and O–H groups in total. The fraction of sp³-hybridized carbons (Fsp3) is 0.188. The maximum absolute atomic E-state index is 11.9. The number of benzene rings is 2. The van der Waals surface area contributed by atoms with Crippen molar-refractivity contribution in [2.45, 2.75) is 19.4 Å². The van der Waals surface area contributed by atoms with Crippen molar-refractivity contribution in [2.24, 2.45) is 0 Å². The van der Waals surface area contributed by atoms with Gasteiger partial charge in [0, 0.05) is 0 Å². The van der Waals surface area contributed by atoms with Crippen LogP contribution in [0.1, 0.15) is 24.0 Å². The predicted molar refractivity (Wildman–Crippen MR) is 74.4 cm³/mol. The number of carbonyl (C=O) groups excluding carboxylic acids is 1. The van der Waals surface area contributed by atoms with E-state index in [-0.39, 0.29) is 24.1 Å². The van der Waals surface area contributed by atoms with Gasteiger partial charge in [-0.1, -0.05) is 36.4 Å². The standard InChI is InChI=1S/C16H16O4/c1-11(13-7-8-14(17)15(18)9-13)16(19)20-10-12-5-3-2-4-6-12/h2-9,11,17-18H,10H2,1H3. The van der Waals surface area contributed by atoms with E-state index in [4.69, 9.17) is 4.74 Å². The van der Waals surface area contributed by atoms with E-state index in [1.807, 2.05) is 30.3 Å². The fourth-order valence-corrected chi connectivity index (χ4v) is 1.80. The third kappa shape index (κ3) is 3.29. The van der Waals surface area contributed by atoms with E-state index in [9.17, 15) is 15.0 Å². The fourth-order valence-electron chi connectivity index (χ4n) is 1.80. The average molecular weight is 272 g/mol. The van der Waals surface area contributed by atoms with Gasteiger partial charge in [0.15, 0.2) is 11.5 Å². The number of phenols is 2. The molecule has 1 unspecified atom stereocenters. The Morgan fingerprint density at radius 1 is 1.10 bits per heavy atom. The van der Waals surface area contributed by atoms with E-state index in [0.29, 0.717) is 5.56 Å². The molecule has 0 aliphatic carbocycles. The van der Waals surface area contributed by atoms with Crippen molar-refractivity contribution in [2.75, 3.05) is 0 Å². The summed E-state index contributed by atoms with van der Waals surface area (Å²) in [6, 6.07) is 13.7. The van der Waals surface area contributed by atoms with Crippen molar-refractivity contribution in [3.05, 3.63) is 59.7 Å². The Morgan fingerprint density at radius 2 is 1.80 bits per heavy atom. The van der Waals surface area contributed by atoms with Gasteiger partial charge in [0.05, 0.1) is 5.92 Å². The van der Waals surface area contributed by atoms with E-state index >= 15 is 0 Å². The van der Waals surface area contributed by atoms with Gasteiger partial charge in [0.1, 0.15) is 6.61 Å². The Bertz CT molecular complexity index is 593. The third-order valence-corrected chi connectivity index (χ3v) is 3.08. The van der Waals surface area contributed by atoms with Crippen molar-refractivity contribution in [3.63, 3.8) is 0 Å². The first kappa shape index (κ1) is 13.9. The van der Waals surface area contributed by atoms with Crippen molar-refractivity contribution < 1.29 is 19.7 Å². The number of aromatic hydroxyl groups is 2. The van der Waals surface area contributed by atoms with Gasteiger partial charge in [-0.25, -0.2) is 0 Å². The SMILES string of the molecule is CC(C(=O)OCc1ccccc1)c1ccc(O)c(O)c1. The second-order valence-electron chi connectivity index (χ2n) is 4.56. The molecule has 0 saturated heterocycles. The molecule has 0 saturated carbocycles. The second-order valence-corrected chi connectivity index (χ2v) is 4.56. The molecule has 104 valence electrons. The van der Waals surface area contributed by atoms with Crippen LogP contribution >= 0.6 is 0 Å². The highest BCUT2D eigenvalue weighted by atomic mass is 16.5. The highest BCUT2D eigenvalue weighted by molar-refractivity contribution is 5.78. The first-order chi connectivity index (χ1) is 9.58. The van der Waals surface area contributed by atoms with Crippen LogP contribution in [-0.4, -0.2) is 16.2 Å². The Labute approximate surface area is 117 Å². The van der Waals surface area contributed by atoms with Crippen LogP contribution in [-0.2, 0) is 16.1 Å². The molecular formula is C16H16O4. The lowest BCUT2D eigenvalue weighted by atomic mass is 10.0. The molecule has 0 spiro atoms. The van der Waals surface area contributed by atoms with Crippen LogP contribution in [0.25, 0.3) is 0 Å². The van der Waals surface area contributed by atoms with E-state index in [0.717, 1.165) is 5.56 Å². The lowest BCUT2D eigenvalue weighted by Gasteiger charge is -2.12. The smallest absolute Gasteiger partial charge is 0.313 e. The molecule has 1 atom stereocenters. The Hall–Kier alpha value is -2.49. The maximum Gasteiger partial charge on any atom is 0.313 e. The number of hydrogen-bond donors (Lipinski definition) is 2. The van der Waals surface area contributed by atoms with Crippen LogP contribution in [0.5, 0.6) is 11.5 Å². The summed E-state index contributed by atoms with van der Waals surface area (Å²) in [5.74, 6) is -1.34. The number of hydrogen-bond acceptors (Lipinski definition) is 4. The highest BCUT2D eigenvalue weighted by Gasteiger charge is 2.18. The molecule has 2 aromatic rings. The molecule has 4 nitrogen and oxygen atoms in total. The van der Waals surface area contributed by atoms with Gasteiger partial charge in [-0.3, -0.25) is 4.79 Å². The van der Waals surface area contributed by atoms with Gasteiger partial charge in [-0.15, -0.1) is 0 Å². The number of esters is 1. The summed E-state index contributed by atoms with van der Waals surface area (Å²) >= 11 is 0. The largest absolute Gasteiger partial charge is 0.504 e. The third-order valence-electron chi connectivity index (χ3n) is 3.08. The topological polar surface area (TPSA) is 66.8 Å². The Morgan fingerprint density at radius 3 is 2.45 bits per heavy atom. The first-order valence-electron chi connectivity index (χ1n) is 6.30. The van der Waals surface area contributed by atoms with Gasteiger partial charge in [0.25, 0.3) is 0 Å². The molecule has 0 radical (unpaired) electrons. The zero-order chi connectivity index (χ0) is 14.5. The minimum absolute atomic E-state index is 0.210. The Balaban J connectivity index is 1.99. The van der Waals surface area contributed by atoms with Gasteiger partial charge in [0.2, 0.25) is 0 Å². The van der Waals surface area contributed by atoms with E-state index in [1.54, 1.807) is 13.0 Å². The van der Waals surface area contributed by atoms with Crippen LogP contribution in [0.15, 0.2) is 48.5 Å². The second kappa shape index (κ2) is 6.10. The van der Waals surface area contributed by atoms with Gasteiger partial charge in [-0.05, 0) is 30.2 Å². The number of carbonyl (C=O) groups is 1. The van der Waals surface area contributed by atoms with Gasteiger partial charge >= 0.3 is 5.97 Å². The van der Waals surface area contributed by atoms with Crippen LogP contribution in [0.2, 0.25) is 0 Å². The summed E-state index contributed by atoms with van der Waals surface area (Å²) in [4.78, 5) is 11.9. The first-order valence-corrected chi connectivity index (χ1v) is 6.30. The zero-order valence-electron chi connectivity index (χ0n) is 11.1. The number of rotatable bonds is 4. The average Bonchev–Trinajstić information content (AvgIpc) is 2.48. The number of ether oxygens (including phenoxy) is 1. The normalized spacial score (nSPS) is 11.8. The maximum atomic E-state index is 11.9. The molecule has 2 aromatic carbocycles. The molecule has 0 aromatic heterocycles.